The molecule has 1 N–H and O–H groups in total. The highest BCUT2D eigenvalue weighted by atomic mass is 15.2. The molecule has 1 saturated heterocycles. The van der Waals surface area contributed by atoms with Crippen LogP contribution in [0.4, 0.5) is 0 Å². The minimum Gasteiger partial charge on any atom is -0.311 e. The Bertz CT molecular complexity index is 565. The molecule has 1 aliphatic heterocycles. The molecule has 0 bridgehead atoms. The summed E-state index contributed by atoms with van der Waals surface area (Å²) < 4.78 is 0. The lowest BCUT2D eigenvalue weighted by molar-refractivity contribution is 0.127. The Labute approximate surface area is 127 Å². The molecule has 0 saturated carbocycles. The van der Waals surface area contributed by atoms with Crippen LogP contribution in [-0.2, 0) is 6.54 Å². The number of hydrogen-bond donors (Lipinski definition) is 1. The fraction of sp³-hybridized carbons (Fsp3) is 0.389. The van der Waals surface area contributed by atoms with E-state index in [2.05, 4.69) is 64.6 Å². The van der Waals surface area contributed by atoms with Gasteiger partial charge in [-0.15, -0.1) is 0 Å². The molecule has 1 aromatic carbocycles. The quantitative estimate of drug-likeness (QED) is 0.937. The topological polar surface area (TPSA) is 28.2 Å². The van der Waals surface area contributed by atoms with E-state index in [0.717, 1.165) is 25.3 Å². The first-order valence-corrected chi connectivity index (χ1v) is 7.66. The number of aromatic nitrogens is 1. The molecule has 1 aromatic heterocycles. The molecule has 3 nitrogen and oxygen atoms in total. The molecule has 0 aliphatic carbocycles. The van der Waals surface area contributed by atoms with E-state index < -0.39 is 0 Å². The van der Waals surface area contributed by atoms with Crippen LogP contribution in [0, 0.1) is 6.92 Å². The highest BCUT2D eigenvalue weighted by Gasteiger charge is 2.26. The van der Waals surface area contributed by atoms with E-state index >= 15 is 0 Å². The molecule has 21 heavy (non-hydrogen) atoms. The van der Waals surface area contributed by atoms with Crippen molar-refractivity contribution in [1.82, 2.24) is 15.2 Å². The standard InChI is InChI=1S/C18H23N3/c1-14-8-9-16(10-19-14)13-21-12-15(2)20-11-18(21)17-6-4-3-5-7-17/h3-10,15,18,20H,11-13H2,1-2H3. The molecule has 0 spiro atoms. The van der Waals surface area contributed by atoms with Crippen LogP contribution in [0.25, 0.3) is 0 Å². The largest absolute Gasteiger partial charge is 0.311 e. The highest BCUT2D eigenvalue weighted by molar-refractivity contribution is 5.21. The van der Waals surface area contributed by atoms with Crippen molar-refractivity contribution in [2.75, 3.05) is 13.1 Å². The second kappa shape index (κ2) is 6.37. The van der Waals surface area contributed by atoms with Crippen molar-refractivity contribution in [2.24, 2.45) is 0 Å². The van der Waals surface area contributed by atoms with Gasteiger partial charge in [-0.1, -0.05) is 36.4 Å². The Kier molecular flexibility index (Phi) is 4.32. The van der Waals surface area contributed by atoms with Gasteiger partial charge in [-0.2, -0.15) is 0 Å². The van der Waals surface area contributed by atoms with E-state index in [4.69, 9.17) is 0 Å². The Balaban J connectivity index is 1.80. The number of nitrogens with one attached hydrogen (secondary N) is 1. The zero-order valence-electron chi connectivity index (χ0n) is 12.8. The van der Waals surface area contributed by atoms with Crippen molar-refractivity contribution >= 4 is 0 Å². The molecule has 2 aromatic rings. The van der Waals surface area contributed by atoms with Gasteiger partial charge in [-0.25, -0.2) is 0 Å². The van der Waals surface area contributed by atoms with E-state index in [1.165, 1.54) is 11.1 Å². The summed E-state index contributed by atoms with van der Waals surface area (Å²) in [5, 5.41) is 3.60. The molecular weight excluding hydrogens is 258 g/mol. The second-order valence-electron chi connectivity index (χ2n) is 5.97. The predicted octanol–water partition coefficient (Wildman–Crippen LogP) is 2.93. The monoisotopic (exact) mass is 281 g/mol. The van der Waals surface area contributed by atoms with E-state index in [9.17, 15) is 0 Å². The third-order valence-corrected chi connectivity index (χ3v) is 4.15. The number of nitrogens with zero attached hydrogens (tertiary/aromatic N) is 2. The van der Waals surface area contributed by atoms with Crippen LogP contribution >= 0.6 is 0 Å². The number of piperazine rings is 1. The van der Waals surface area contributed by atoms with Crippen LogP contribution in [0.2, 0.25) is 0 Å². The first-order chi connectivity index (χ1) is 10.2. The summed E-state index contributed by atoms with van der Waals surface area (Å²) in [5.74, 6) is 0. The third kappa shape index (κ3) is 3.49. The van der Waals surface area contributed by atoms with Crippen LogP contribution in [0.1, 0.15) is 29.8 Å². The van der Waals surface area contributed by atoms with Gasteiger partial charge in [0, 0.05) is 43.6 Å². The Morgan fingerprint density at radius 2 is 2.00 bits per heavy atom. The van der Waals surface area contributed by atoms with Crippen LogP contribution < -0.4 is 5.32 Å². The van der Waals surface area contributed by atoms with E-state index in [1.807, 2.05) is 13.1 Å². The smallest absolute Gasteiger partial charge is 0.0476 e. The number of hydrogen-bond acceptors (Lipinski definition) is 3. The summed E-state index contributed by atoms with van der Waals surface area (Å²) in [7, 11) is 0. The van der Waals surface area contributed by atoms with Gasteiger partial charge in [0.15, 0.2) is 0 Å². The van der Waals surface area contributed by atoms with Crippen molar-refractivity contribution in [3.8, 4) is 0 Å². The number of pyridine rings is 1. The lowest BCUT2D eigenvalue weighted by atomic mass is 10.0. The van der Waals surface area contributed by atoms with Crippen LogP contribution in [0.15, 0.2) is 48.7 Å². The number of rotatable bonds is 3. The summed E-state index contributed by atoms with van der Waals surface area (Å²) in [6, 6.07) is 16.0. The van der Waals surface area contributed by atoms with Crippen molar-refractivity contribution in [2.45, 2.75) is 32.5 Å². The minimum atomic E-state index is 0.434. The lowest BCUT2D eigenvalue weighted by Gasteiger charge is -2.39. The van der Waals surface area contributed by atoms with Gasteiger partial charge in [0.05, 0.1) is 0 Å². The summed E-state index contributed by atoms with van der Waals surface area (Å²) in [6.07, 6.45) is 2.00. The molecule has 2 heterocycles. The molecule has 2 unspecified atom stereocenters. The van der Waals surface area contributed by atoms with Crippen molar-refractivity contribution in [1.29, 1.82) is 0 Å². The first kappa shape index (κ1) is 14.2. The summed E-state index contributed by atoms with van der Waals surface area (Å²) in [6.45, 7) is 7.31. The summed E-state index contributed by atoms with van der Waals surface area (Å²) in [4.78, 5) is 6.98. The average molecular weight is 281 g/mol. The molecule has 0 amide bonds. The zero-order valence-corrected chi connectivity index (χ0v) is 12.8. The van der Waals surface area contributed by atoms with E-state index in [0.29, 0.717) is 12.1 Å². The van der Waals surface area contributed by atoms with Crippen LogP contribution in [-0.4, -0.2) is 29.0 Å². The molecule has 0 radical (unpaired) electrons. The Morgan fingerprint density at radius 1 is 1.19 bits per heavy atom. The number of benzene rings is 1. The maximum absolute atomic E-state index is 4.42. The first-order valence-electron chi connectivity index (χ1n) is 7.66. The van der Waals surface area contributed by atoms with Gasteiger partial charge in [0.2, 0.25) is 0 Å². The molecule has 2 atom stereocenters. The maximum atomic E-state index is 4.42. The van der Waals surface area contributed by atoms with Gasteiger partial charge in [-0.05, 0) is 31.0 Å². The fourth-order valence-corrected chi connectivity index (χ4v) is 2.99. The van der Waals surface area contributed by atoms with Crippen molar-refractivity contribution in [3.63, 3.8) is 0 Å². The van der Waals surface area contributed by atoms with E-state index in [1.54, 1.807) is 0 Å². The highest BCUT2D eigenvalue weighted by Crippen LogP contribution is 2.25. The van der Waals surface area contributed by atoms with Crippen molar-refractivity contribution in [3.05, 3.63) is 65.5 Å². The average Bonchev–Trinajstić information content (AvgIpc) is 2.51. The normalized spacial score (nSPS) is 23.1. The molecule has 1 aliphatic rings. The zero-order chi connectivity index (χ0) is 14.7. The second-order valence-corrected chi connectivity index (χ2v) is 5.97. The van der Waals surface area contributed by atoms with Gasteiger partial charge in [-0.3, -0.25) is 9.88 Å². The van der Waals surface area contributed by atoms with Crippen LogP contribution in [0.5, 0.6) is 0 Å². The van der Waals surface area contributed by atoms with Gasteiger partial charge in [0.25, 0.3) is 0 Å². The Hall–Kier alpha value is -1.71. The minimum absolute atomic E-state index is 0.434. The molecule has 1 fully saturated rings. The summed E-state index contributed by atoms with van der Waals surface area (Å²) in [5.41, 5.74) is 3.75. The van der Waals surface area contributed by atoms with E-state index in [-0.39, 0.29) is 0 Å². The Morgan fingerprint density at radius 3 is 2.71 bits per heavy atom. The number of aryl methyl sites for hydroxylation is 1. The van der Waals surface area contributed by atoms with Crippen LogP contribution in [0.3, 0.4) is 0 Å². The SMILES string of the molecule is Cc1ccc(CN2CC(C)NCC2c2ccccc2)cn1. The molecule has 3 rings (SSSR count). The third-order valence-electron chi connectivity index (χ3n) is 4.15. The fourth-order valence-electron chi connectivity index (χ4n) is 2.99. The van der Waals surface area contributed by atoms with Crippen molar-refractivity contribution < 1.29 is 0 Å². The lowest BCUT2D eigenvalue weighted by Crippen LogP contribution is -2.50. The molecule has 3 heteroatoms. The molecular formula is C18H23N3. The predicted molar refractivity (Wildman–Crippen MR) is 86.0 cm³/mol. The maximum Gasteiger partial charge on any atom is 0.0476 e. The summed E-state index contributed by atoms with van der Waals surface area (Å²) >= 11 is 0. The van der Waals surface area contributed by atoms with Gasteiger partial charge >= 0.3 is 0 Å². The molecule has 110 valence electrons. The van der Waals surface area contributed by atoms with Gasteiger partial charge in [0.1, 0.15) is 0 Å². The van der Waals surface area contributed by atoms with Gasteiger partial charge < -0.3 is 5.32 Å².